The predicted octanol–water partition coefficient (Wildman–Crippen LogP) is 4.76. The highest BCUT2D eigenvalue weighted by Gasteiger charge is 2.14. The van der Waals surface area contributed by atoms with Crippen LogP contribution in [0.15, 0.2) is 52.7 Å². The van der Waals surface area contributed by atoms with E-state index in [-0.39, 0.29) is 27.8 Å². The molecule has 0 radical (unpaired) electrons. The molecule has 2 amide bonds. The van der Waals surface area contributed by atoms with Crippen molar-refractivity contribution in [3.63, 3.8) is 0 Å². The van der Waals surface area contributed by atoms with Gasteiger partial charge < -0.3 is 10.6 Å². The second kappa shape index (κ2) is 9.81. The van der Waals surface area contributed by atoms with Crippen molar-refractivity contribution in [3.05, 3.63) is 69.1 Å². The zero-order valence-corrected chi connectivity index (χ0v) is 20.1. The van der Waals surface area contributed by atoms with Gasteiger partial charge in [-0.15, -0.1) is 11.3 Å². The maximum Gasteiger partial charge on any atom is 0.255 e. The average Bonchev–Trinajstić information content (AvgIpc) is 3.18. The van der Waals surface area contributed by atoms with E-state index < -0.39 is 15.7 Å². The van der Waals surface area contributed by atoms with Crippen molar-refractivity contribution in [1.29, 1.82) is 0 Å². The summed E-state index contributed by atoms with van der Waals surface area (Å²) in [6.45, 7) is 4.10. The van der Waals surface area contributed by atoms with Crippen LogP contribution in [0.5, 0.6) is 0 Å². The van der Waals surface area contributed by atoms with Gasteiger partial charge in [-0.3, -0.25) is 9.59 Å². The number of halogens is 1. The largest absolute Gasteiger partial charge is 0.326 e. The summed E-state index contributed by atoms with van der Waals surface area (Å²) in [4.78, 5) is 29.3. The van der Waals surface area contributed by atoms with Gasteiger partial charge in [-0.2, -0.15) is 0 Å². The molecule has 2 N–H and O–H groups in total. The van der Waals surface area contributed by atoms with Crippen molar-refractivity contribution in [1.82, 2.24) is 4.98 Å². The van der Waals surface area contributed by atoms with Crippen LogP contribution in [-0.4, -0.2) is 31.5 Å². The van der Waals surface area contributed by atoms with Crippen molar-refractivity contribution in [2.75, 3.05) is 16.9 Å². The van der Waals surface area contributed by atoms with E-state index in [0.717, 1.165) is 11.3 Å². The third kappa shape index (κ3) is 6.15. The molecule has 7 nitrogen and oxygen atoms in total. The van der Waals surface area contributed by atoms with E-state index in [0.29, 0.717) is 23.0 Å². The Hall–Kier alpha value is -2.75. The molecule has 32 heavy (non-hydrogen) atoms. The monoisotopic (exact) mass is 491 g/mol. The first-order valence-corrected chi connectivity index (χ1v) is 12.8. The minimum Gasteiger partial charge on any atom is -0.326 e. The molecular formula is C22H22ClN3O4S2. The van der Waals surface area contributed by atoms with E-state index in [1.54, 1.807) is 12.1 Å². The molecular weight excluding hydrogens is 470 g/mol. The molecule has 0 saturated heterocycles. The van der Waals surface area contributed by atoms with E-state index in [2.05, 4.69) is 15.6 Å². The molecule has 0 atom stereocenters. The third-order valence-electron chi connectivity index (χ3n) is 4.43. The Morgan fingerprint density at radius 2 is 1.88 bits per heavy atom. The number of benzene rings is 2. The number of carbonyl (C=O) groups excluding carboxylic acids is 2. The average molecular weight is 492 g/mol. The molecule has 1 heterocycles. The van der Waals surface area contributed by atoms with Gasteiger partial charge in [-0.1, -0.05) is 31.5 Å². The summed E-state index contributed by atoms with van der Waals surface area (Å²) in [5, 5.41) is 8.51. The summed E-state index contributed by atoms with van der Waals surface area (Å²) in [6, 6.07) is 10.4. The fourth-order valence-electron chi connectivity index (χ4n) is 2.80. The number of hydrogen-bond acceptors (Lipinski definition) is 6. The Bertz CT molecular complexity index is 1270. The zero-order valence-electron chi connectivity index (χ0n) is 17.7. The summed E-state index contributed by atoms with van der Waals surface area (Å²) in [7, 11) is -3.43. The number of hydrogen-bond donors (Lipinski definition) is 2. The summed E-state index contributed by atoms with van der Waals surface area (Å²) >= 11 is 7.80. The SMILES string of the molecule is CC(C)c1nc(CC(=O)Nc2ccc(NC(=O)c3cccc(S(C)(=O)=O)c3)c(Cl)c2)cs1. The van der Waals surface area contributed by atoms with Gasteiger partial charge in [0.1, 0.15) is 0 Å². The Labute approximate surface area is 195 Å². The van der Waals surface area contributed by atoms with Crippen molar-refractivity contribution < 1.29 is 18.0 Å². The minimum atomic E-state index is -3.43. The van der Waals surface area contributed by atoms with Crippen molar-refractivity contribution in [3.8, 4) is 0 Å². The molecule has 0 aliphatic rings. The third-order valence-corrected chi connectivity index (χ3v) is 7.05. The van der Waals surface area contributed by atoms with Crippen LogP contribution in [0.25, 0.3) is 0 Å². The molecule has 10 heteroatoms. The maximum atomic E-state index is 12.5. The lowest BCUT2D eigenvalue weighted by Gasteiger charge is -2.10. The highest BCUT2D eigenvalue weighted by molar-refractivity contribution is 7.90. The zero-order chi connectivity index (χ0) is 23.5. The van der Waals surface area contributed by atoms with Gasteiger partial charge in [-0.05, 0) is 36.4 Å². The van der Waals surface area contributed by atoms with E-state index in [1.165, 1.54) is 41.7 Å². The number of sulfone groups is 1. The molecule has 0 saturated carbocycles. The first-order valence-electron chi connectivity index (χ1n) is 9.68. The van der Waals surface area contributed by atoms with Gasteiger partial charge in [-0.25, -0.2) is 13.4 Å². The van der Waals surface area contributed by atoms with Crippen LogP contribution < -0.4 is 10.6 Å². The van der Waals surface area contributed by atoms with Gasteiger partial charge >= 0.3 is 0 Å². The molecule has 3 rings (SSSR count). The van der Waals surface area contributed by atoms with Crippen LogP contribution in [0.2, 0.25) is 5.02 Å². The fourth-order valence-corrected chi connectivity index (χ4v) is 4.52. The predicted molar refractivity (Wildman–Crippen MR) is 127 cm³/mol. The fraction of sp³-hybridized carbons (Fsp3) is 0.227. The Balaban J connectivity index is 1.66. The standard InChI is InChI=1S/C22H22ClN3O4S2/c1-13(2)22-25-16(12-31-22)11-20(27)24-15-7-8-19(18(23)10-15)26-21(28)14-5-4-6-17(9-14)32(3,29)30/h4-10,12-13H,11H2,1-3H3,(H,24,27)(H,26,28). The molecule has 0 fully saturated rings. The molecule has 0 bridgehead atoms. The number of rotatable bonds is 7. The number of anilines is 2. The van der Waals surface area contributed by atoms with Crippen LogP contribution in [0.1, 0.15) is 40.8 Å². The molecule has 0 spiro atoms. The lowest BCUT2D eigenvalue weighted by atomic mass is 10.2. The van der Waals surface area contributed by atoms with E-state index in [9.17, 15) is 18.0 Å². The number of thiazole rings is 1. The number of nitrogens with one attached hydrogen (secondary N) is 2. The Morgan fingerprint density at radius 3 is 2.50 bits per heavy atom. The highest BCUT2D eigenvalue weighted by atomic mass is 35.5. The molecule has 1 aromatic heterocycles. The molecule has 3 aromatic rings. The summed E-state index contributed by atoms with van der Waals surface area (Å²) in [6.07, 6.45) is 1.22. The number of aromatic nitrogens is 1. The Morgan fingerprint density at radius 1 is 1.12 bits per heavy atom. The van der Waals surface area contributed by atoms with Crippen LogP contribution in [0.3, 0.4) is 0 Å². The minimum absolute atomic E-state index is 0.0509. The normalized spacial score (nSPS) is 11.4. The number of nitrogens with zero attached hydrogens (tertiary/aromatic N) is 1. The van der Waals surface area contributed by atoms with E-state index in [4.69, 9.17) is 11.6 Å². The second-order valence-electron chi connectivity index (χ2n) is 7.51. The quantitative estimate of drug-likeness (QED) is 0.495. The molecule has 0 aliphatic heterocycles. The maximum absolute atomic E-state index is 12.5. The van der Waals surface area contributed by atoms with Crippen molar-refractivity contribution in [2.24, 2.45) is 0 Å². The van der Waals surface area contributed by atoms with Gasteiger partial charge in [0.2, 0.25) is 5.91 Å². The Kier molecular flexibility index (Phi) is 7.33. The van der Waals surface area contributed by atoms with E-state index >= 15 is 0 Å². The molecule has 168 valence electrons. The summed E-state index contributed by atoms with van der Waals surface area (Å²) in [5.41, 5.74) is 1.71. The topological polar surface area (TPSA) is 105 Å². The first kappa shape index (κ1) is 23.9. The van der Waals surface area contributed by atoms with E-state index in [1.807, 2.05) is 19.2 Å². The van der Waals surface area contributed by atoms with Gasteiger partial charge in [0.15, 0.2) is 9.84 Å². The summed E-state index contributed by atoms with van der Waals surface area (Å²) in [5.74, 6) is -0.415. The van der Waals surface area contributed by atoms with Crippen LogP contribution in [0, 0.1) is 0 Å². The first-order chi connectivity index (χ1) is 15.0. The van der Waals surface area contributed by atoms with Crippen LogP contribution >= 0.6 is 22.9 Å². The molecule has 0 unspecified atom stereocenters. The summed E-state index contributed by atoms with van der Waals surface area (Å²) < 4.78 is 23.4. The molecule has 0 aliphatic carbocycles. The highest BCUT2D eigenvalue weighted by Crippen LogP contribution is 2.27. The van der Waals surface area contributed by atoms with Gasteiger partial charge in [0.05, 0.1) is 32.7 Å². The smallest absolute Gasteiger partial charge is 0.255 e. The second-order valence-corrected chi connectivity index (χ2v) is 10.8. The van der Waals surface area contributed by atoms with Crippen molar-refractivity contribution >= 4 is 56.0 Å². The van der Waals surface area contributed by atoms with Crippen LogP contribution in [-0.2, 0) is 21.1 Å². The lowest BCUT2D eigenvalue weighted by Crippen LogP contribution is -2.15. The molecule has 2 aromatic carbocycles. The van der Waals surface area contributed by atoms with Crippen molar-refractivity contribution in [2.45, 2.75) is 31.1 Å². The van der Waals surface area contributed by atoms with Crippen LogP contribution in [0.4, 0.5) is 11.4 Å². The van der Waals surface area contributed by atoms with Gasteiger partial charge in [0, 0.05) is 28.8 Å². The van der Waals surface area contributed by atoms with Gasteiger partial charge in [0.25, 0.3) is 5.91 Å². The lowest BCUT2D eigenvalue weighted by molar-refractivity contribution is -0.115. The number of carbonyl (C=O) groups is 2. The number of amides is 2.